The van der Waals surface area contributed by atoms with E-state index in [1.165, 1.54) is 17.0 Å². The Balaban J connectivity index is 1.74. The molecule has 8 heteroatoms. The predicted octanol–water partition coefficient (Wildman–Crippen LogP) is 4.56. The number of benzene rings is 2. The molecule has 1 N–H and O–H groups in total. The molecule has 0 atom stereocenters. The number of fused-ring (bicyclic) bond motifs is 1. The molecule has 0 spiro atoms. The number of carboxylic acid groups (broad SMARTS) is 1. The molecule has 0 bridgehead atoms. The molecule has 0 aliphatic carbocycles. The van der Waals surface area contributed by atoms with Gasteiger partial charge in [-0.05, 0) is 36.4 Å². The van der Waals surface area contributed by atoms with Crippen molar-refractivity contribution in [2.45, 2.75) is 13.3 Å². The van der Waals surface area contributed by atoms with E-state index in [1.54, 1.807) is 42.5 Å². The number of aryl methyl sites for hydroxylation is 1. The Labute approximate surface area is 179 Å². The summed E-state index contributed by atoms with van der Waals surface area (Å²) in [7, 11) is 0. The molecule has 2 heterocycles. The van der Waals surface area contributed by atoms with Crippen LogP contribution in [0.4, 0.5) is 0 Å². The fraction of sp³-hybridized carbons (Fsp3) is 0.0909. The molecule has 2 aromatic heterocycles. The number of furan rings is 1. The number of halogens is 1. The summed E-state index contributed by atoms with van der Waals surface area (Å²) in [5, 5.41) is 14.1. The van der Waals surface area contributed by atoms with Crippen molar-refractivity contribution in [1.29, 1.82) is 0 Å². The highest BCUT2D eigenvalue weighted by Gasteiger charge is 2.14. The normalized spacial score (nSPS) is 11.4. The molecule has 4 aromatic rings. The van der Waals surface area contributed by atoms with Crippen LogP contribution in [-0.2, 0) is 6.42 Å². The van der Waals surface area contributed by atoms with Crippen LogP contribution in [0.2, 0.25) is 0 Å². The number of carbonyl (C=O) groups is 1. The molecule has 0 fully saturated rings. The van der Waals surface area contributed by atoms with E-state index < -0.39 is 5.97 Å². The van der Waals surface area contributed by atoms with Gasteiger partial charge < -0.3 is 9.52 Å². The van der Waals surface area contributed by atoms with Crippen LogP contribution in [0.1, 0.15) is 28.9 Å². The quantitative estimate of drug-likeness (QED) is 0.435. The van der Waals surface area contributed by atoms with Gasteiger partial charge in [0.15, 0.2) is 0 Å². The average Bonchev–Trinajstić information content (AvgIpc) is 3.22. The molecular weight excluding hydrogens is 450 g/mol. The summed E-state index contributed by atoms with van der Waals surface area (Å²) in [6.07, 6.45) is 1.94. The SMILES string of the molecule is CCc1nc2ccc(Br)cc2c(=O)n1N=Cc1ccc(-c2ccccc2C(=O)O)o1. The van der Waals surface area contributed by atoms with Crippen LogP contribution in [-0.4, -0.2) is 27.0 Å². The second kappa shape index (κ2) is 8.08. The van der Waals surface area contributed by atoms with Gasteiger partial charge in [0.2, 0.25) is 0 Å². The maximum Gasteiger partial charge on any atom is 0.336 e. The molecule has 0 saturated carbocycles. The third-order valence-corrected chi connectivity index (χ3v) is 5.04. The number of nitrogens with zero attached hydrogens (tertiary/aromatic N) is 3. The summed E-state index contributed by atoms with van der Waals surface area (Å²) >= 11 is 3.37. The lowest BCUT2D eigenvalue weighted by Gasteiger charge is -2.07. The number of hydrogen-bond donors (Lipinski definition) is 1. The zero-order valence-corrected chi connectivity index (χ0v) is 17.5. The molecule has 150 valence electrons. The zero-order valence-electron chi connectivity index (χ0n) is 15.9. The van der Waals surface area contributed by atoms with Crippen LogP contribution >= 0.6 is 15.9 Å². The van der Waals surface area contributed by atoms with E-state index in [2.05, 4.69) is 26.0 Å². The number of hydrogen-bond acceptors (Lipinski definition) is 5. The van der Waals surface area contributed by atoms with E-state index in [9.17, 15) is 14.7 Å². The molecule has 0 radical (unpaired) electrons. The molecular formula is C22H16BrN3O4. The maximum atomic E-state index is 12.9. The highest BCUT2D eigenvalue weighted by molar-refractivity contribution is 9.10. The van der Waals surface area contributed by atoms with Gasteiger partial charge >= 0.3 is 5.97 Å². The van der Waals surface area contributed by atoms with Crippen molar-refractivity contribution in [2.24, 2.45) is 5.10 Å². The highest BCUT2D eigenvalue weighted by Crippen LogP contribution is 2.25. The summed E-state index contributed by atoms with van der Waals surface area (Å²) in [5.41, 5.74) is 0.937. The first-order valence-electron chi connectivity index (χ1n) is 9.16. The van der Waals surface area contributed by atoms with E-state index in [-0.39, 0.29) is 11.1 Å². The van der Waals surface area contributed by atoms with Crippen molar-refractivity contribution in [1.82, 2.24) is 9.66 Å². The van der Waals surface area contributed by atoms with Crippen molar-refractivity contribution in [3.63, 3.8) is 0 Å². The number of aromatic nitrogens is 2. The Morgan fingerprint density at radius 2 is 2.03 bits per heavy atom. The Hall–Kier alpha value is -3.52. The molecule has 4 rings (SSSR count). The summed E-state index contributed by atoms with van der Waals surface area (Å²) in [6.45, 7) is 1.90. The van der Waals surface area contributed by atoms with Crippen molar-refractivity contribution in [3.8, 4) is 11.3 Å². The zero-order chi connectivity index (χ0) is 21.3. The molecule has 0 amide bonds. The third kappa shape index (κ3) is 3.69. The Morgan fingerprint density at radius 3 is 2.80 bits per heavy atom. The number of aromatic carboxylic acids is 1. The van der Waals surface area contributed by atoms with E-state index in [1.807, 2.05) is 13.0 Å². The summed E-state index contributed by atoms with van der Waals surface area (Å²) in [6, 6.07) is 15.2. The second-order valence-electron chi connectivity index (χ2n) is 6.46. The highest BCUT2D eigenvalue weighted by atomic mass is 79.9. The van der Waals surface area contributed by atoms with E-state index in [4.69, 9.17) is 4.42 Å². The second-order valence-corrected chi connectivity index (χ2v) is 7.37. The summed E-state index contributed by atoms with van der Waals surface area (Å²) in [5.74, 6) is 0.269. The summed E-state index contributed by atoms with van der Waals surface area (Å²) < 4.78 is 7.78. The average molecular weight is 466 g/mol. The van der Waals surface area contributed by atoms with E-state index in [0.717, 1.165) is 4.47 Å². The van der Waals surface area contributed by atoms with Gasteiger partial charge in [-0.15, -0.1) is 0 Å². The van der Waals surface area contributed by atoms with Crippen molar-refractivity contribution in [3.05, 3.63) is 86.6 Å². The van der Waals surface area contributed by atoms with Crippen LogP contribution in [0, 0.1) is 0 Å². The van der Waals surface area contributed by atoms with Crippen molar-refractivity contribution in [2.75, 3.05) is 0 Å². The van der Waals surface area contributed by atoms with Gasteiger partial charge in [0.25, 0.3) is 5.56 Å². The molecule has 0 unspecified atom stereocenters. The topological polar surface area (TPSA) is 97.7 Å². The predicted molar refractivity (Wildman–Crippen MR) is 117 cm³/mol. The first kappa shape index (κ1) is 19.8. The van der Waals surface area contributed by atoms with Gasteiger partial charge in [0.05, 0.1) is 22.7 Å². The monoisotopic (exact) mass is 465 g/mol. The van der Waals surface area contributed by atoms with Gasteiger partial charge in [-0.3, -0.25) is 4.79 Å². The van der Waals surface area contributed by atoms with Crippen molar-refractivity contribution >= 4 is 39.0 Å². The Bertz CT molecular complexity index is 1350. The fourth-order valence-electron chi connectivity index (χ4n) is 3.11. The minimum atomic E-state index is -1.04. The first-order valence-corrected chi connectivity index (χ1v) is 9.95. The smallest absolute Gasteiger partial charge is 0.336 e. The Morgan fingerprint density at radius 1 is 1.23 bits per heavy atom. The van der Waals surface area contributed by atoms with Gasteiger partial charge in [-0.25, -0.2) is 9.78 Å². The van der Waals surface area contributed by atoms with Crippen molar-refractivity contribution < 1.29 is 14.3 Å². The standard InChI is InChI=1S/C22H16BrN3O4/c1-2-20-25-18-9-7-13(23)11-17(18)21(27)26(20)24-12-14-8-10-19(30-14)15-5-3-4-6-16(15)22(28)29/h3-12H,2H2,1H3,(H,28,29). The lowest BCUT2D eigenvalue weighted by Crippen LogP contribution is -2.22. The third-order valence-electron chi connectivity index (χ3n) is 4.54. The van der Waals surface area contributed by atoms with E-state index >= 15 is 0 Å². The minimum Gasteiger partial charge on any atom is -0.478 e. The van der Waals surface area contributed by atoms with Crippen LogP contribution in [0.3, 0.4) is 0 Å². The van der Waals surface area contributed by atoms with Crippen LogP contribution in [0.25, 0.3) is 22.2 Å². The van der Waals surface area contributed by atoms with Gasteiger partial charge in [-0.1, -0.05) is 41.1 Å². The maximum absolute atomic E-state index is 12.9. The molecule has 0 saturated heterocycles. The lowest BCUT2D eigenvalue weighted by molar-refractivity contribution is 0.0697. The minimum absolute atomic E-state index is 0.143. The fourth-order valence-corrected chi connectivity index (χ4v) is 3.47. The van der Waals surface area contributed by atoms with Gasteiger partial charge in [0.1, 0.15) is 17.3 Å². The lowest BCUT2D eigenvalue weighted by atomic mass is 10.1. The van der Waals surface area contributed by atoms with Crippen LogP contribution < -0.4 is 5.56 Å². The largest absolute Gasteiger partial charge is 0.478 e. The van der Waals surface area contributed by atoms with Crippen LogP contribution in [0.15, 0.2) is 73.4 Å². The first-order chi connectivity index (χ1) is 14.5. The number of rotatable bonds is 5. The van der Waals surface area contributed by atoms with E-state index in [0.29, 0.717) is 40.2 Å². The molecule has 0 aliphatic heterocycles. The van der Waals surface area contributed by atoms with Gasteiger partial charge in [0, 0.05) is 16.5 Å². The Kier molecular flexibility index (Phi) is 5.33. The van der Waals surface area contributed by atoms with Crippen LogP contribution in [0.5, 0.6) is 0 Å². The molecule has 2 aromatic carbocycles. The summed E-state index contributed by atoms with van der Waals surface area (Å²) in [4.78, 5) is 28.9. The molecule has 7 nitrogen and oxygen atoms in total. The molecule has 30 heavy (non-hydrogen) atoms. The van der Waals surface area contributed by atoms with Gasteiger partial charge in [-0.2, -0.15) is 9.78 Å². The molecule has 0 aliphatic rings. The number of carboxylic acids is 1.